The van der Waals surface area contributed by atoms with Crippen molar-refractivity contribution in [2.75, 3.05) is 5.32 Å². The molecule has 0 radical (unpaired) electrons. The Labute approximate surface area is 152 Å². The Kier molecular flexibility index (Phi) is 5.09. The third kappa shape index (κ3) is 4.22. The van der Waals surface area contributed by atoms with E-state index >= 15 is 0 Å². The molecular formula is C19H14BrFN2O2. The predicted molar refractivity (Wildman–Crippen MR) is 98.3 cm³/mol. The van der Waals surface area contributed by atoms with Gasteiger partial charge in [0.1, 0.15) is 5.82 Å². The van der Waals surface area contributed by atoms with E-state index in [1.165, 1.54) is 29.0 Å². The number of carbonyl (C=O) groups is 1. The summed E-state index contributed by atoms with van der Waals surface area (Å²) >= 11 is 3.33. The van der Waals surface area contributed by atoms with E-state index in [2.05, 4.69) is 21.2 Å². The molecule has 1 N–H and O–H groups in total. The van der Waals surface area contributed by atoms with E-state index in [1.807, 2.05) is 12.1 Å². The summed E-state index contributed by atoms with van der Waals surface area (Å²) in [5, 5.41) is 2.76. The van der Waals surface area contributed by atoms with E-state index in [9.17, 15) is 14.0 Å². The van der Waals surface area contributed by atoms with Crippen LogP contribution in [0.25, 0.3) is 0 Å². The first kappa shape index (κ1) is 17.1. The molecule has 0 aliphatic carbocycles. The Morgan fingerprint density at radius 2 is 1.76 bits per heavy atom. The molecule has 0 aliphatic heterocycles. The van der Waals surface area contributed by atoms with Crippen LogP contribution in [0.15, 0.2) is 76.1 Å². The summed E-state index contributed by atoms with van der Waals surface area (Å²) in [5.41, 5.74) is 1.04. The molecule has 1 amide bonds. The minimum Gasteiger partial charge on any atom is -0.322 e. The fraction of sp³-hybridized carbons (Fsp3) is 0.0526. The average molecular weight is 401 g/mol. The fourth-order valence-corrected chi connectivity index (χ4v) is 2.60. The molecule has 0 saturated heterocycles. The van der Waals surface area contributed by atoms with Gasteiger partial charge in [-0.25, -0.2) is 4.39 Å². The molecule has 3 rings (SSSR count). The summed E-state index contributed by atoms with van der Waals surface area (Å²) in [6, 6.07) is 16.1. The molecule has 0 atom stereocenters. The lowest BCUT2D eigenvalue weighted by Gasteiger charge is -2.10. The van der Waals surface area contributed by atoms with Crippen LogP contribution in [0.3, 0.4) is 0 Å². The number of amides is 1. The summed E-state index contributed by atoms with van der Waals surface area (Å²) in [4.78, 5) is 24.4. The van der Waals surface area contributed by atoms with E-state index in [0.29, 0.717) is 16.8 Å². The quantitative estimate of drug-likeness (QED) is 0.717. The van der Waals surface area contributed by atoms with Gasteiger partial charge in [-0.15, -0.1) is 0 Å². The first-order valence-corrected chi connectivity index (χ1v) is 8.33. The highest BCUT2D eigenvalue weighted by Crippen LogP contribution is 2.15. The summed E-state index contributed by atoms with van der Waals surface area (Å²) in [7, 11) is 0. The first-order valence-electron chi connectivity index (χ1n) is 7.54. The number of halogens is 2. The highest BCUT2D eigenvalue weighted by atomic mass is 79.9. The standard InChI is InChI=1S/C19H14BrFN2O2/c20-15-6-8-16(9-7-15)22-19(25)14-5-10-18(24)23(12-14)11-13-3-1-2-4-17(13)21/h1-10,12H,11H2,(H,22,25). The number of pyridine rings is 1. The van der Waals surface area contributed by atoms with Crippen molar-refractivity contribution >= 4 is 27.5 Å². The zero-order chi connectivity index (χ0) is 17.8. The largest absolute Gasteiger partial charge is 0.322 e. The second-order valence-electron chi connectivity index (χ2n) is 5.44. The van der Waals surface area contributed by atoms with Crippen LogP contribution >= 0.6 is 15.9 Å². The molecule has 126 valence electrons. The van der Waals surface area contributed by atoms with Crippen LogP contribution in [0.4, 0.5) is 10.1 Å². The molecule has 2 aromatic carbocycles. The Balaban J connectivity index is 1.83. The van der Waals surface area contributed by atoms with E-state index in [4.69, 9.17) is 0 Å². The van der Waals surface area contributed by atoms with Gasteiger partial charge in [-0.05, 0) is 36.4 Å². The molecule has 4 nitrogen and oxygen atoms in total. The highest BCUT2D eigenvalue weighted by molar-refractivity contribution is 9.10. The monoisotopic (exact) mass is 400 g/mol. The maximum Gasteiger partial charge on any atom is 0.257 e. The van der Waals surface area contributed by atoms with Gasteiger partial charge in [0.2, 0.25) is 0 Å². The molecule has 0 bridgehead atoms. The zero-order valence-electron chi connectivity index (χ0n) is 13.1. The van der Waals surface area contributed by atoms with Crippen LogP contribution in [-0.4, -0.2) is 10.5 Å². The van der Waals surface area contributed by atoms with Crippen molar-refractivity contribution < 1.29 is 9.18 Å². The predicted octanol–water partition coefficient (Wildman–Crippen LogP) is 4.05. The van der Waals surface area contributed by atoms with Gasteiger partial charge >= 0.3 is 0 Å². The first-order chi connectivity index (χ1) is 12.0. The molecule has 0 spiro atoms. The van der Waals surface area contributed by atoms with Crippen LogP contribution < -0.4 is 10.9 Å². The van der Waals surface area contributed by atoms with Crippen molar-refractivity contribution in [3.8, 4) is 0 Å². The second kappa shape index (κ2) is 7.44. The number of benzene rings is 2. The Morgan fingerprint density at radius 1 is 1.04 bits per heavy atom. The van der Waals surface area contributed by atoms with Crippen LogP contribution in [-0.2, 0) is 6.54 Å². The number of aromatic nitrogens is 1. The van der Waals surface area contributed by atoms with Crippen molar-refractivity contribution in [3.63, 3.8) is 0 Å². The topological polar surface area (TPSA) is 51.1 Å². The van der Waals surface area contributed by atoms with Crippen LogP contribution in [0.5, 0.6) is 0 Å². The molecule has 1 aromatic heterocycles. The van der Waals surface area contributed by atoms with E-state index < -0.39 is 0 Å². The Morgan fingerprint density at radius 3 is 2.48 bits per heavy atom. The van der Waals surface area contributed by atoms with Gasteiger partial charge in [-0.1, -0.05) is 34.1 Å². The van der Waals surface area contributed by atoms with Gasteiger partial charge in [-0.2, -0.15) is 0 Å². The van der Waals surface area contributed by atoms with E-state index in [-0.39, 0.29) is 23.8 Å². The number of nitrogens with one attached hydrogen (secondary N) is 1. The minimum absolute atomic E-state index is 0.0604. The molecule has 0 saturated carbocycles. The smallest absolute Gasteiger partial charge is 0.257 e. The van der Waals surface area contributed by atoms with Gasteiger partial charge in [0.15, 0.2) is 0 Å². The zero-order valence-corrected chi connectivity index (χ0v) is 14.7. The van der Waals surface area contributed by atoms with Gasteiger partial charge in [0.25, 0.3) is 11.5 Å². The van der Waals surface area contributed by atoms with Crippen LogP contribution in [0.2, 0.25) is 0 Å². The summed E-state index contributed by atoms with van der Waals surface area (Å²) in [6.45, 7) is 0.0604. The molecule has 0 unspecified atom stereocenters. The van der Waals surface area contributed by atoms with E-state index in [0.717, 1.165) is 4.47 Å². The minimum atomic E-state index is -0.390. The van der Waals surface area contributed by atoms with Gasteiger partial charge in [0, 0.05) is 28.0 Å². The number of rotatable bonds is 4. The third-order valence-electron chi connectivity index (χ3n) is 3.65. The van der Waals surface area contributed by atoms with Crippen LogP contribution in [0, 0.1) is 5.82 Å². The lowest BCUT2D eigenvalue weighted by Crippen LogP contribution is -2.23. The Bertz CT molecular complexity index is 968. The van der Waals surface area contributed by atoms with Gasteiger partial charge < -0.3 is 9.88 Å². The molecule has 1 heterocycles. The second-order valence-corrected chi connectivity index (χ2v) is 6.35. The van der Waals surface area contributed by atoms with Crippen molar-refractivity contribution in [3.05, 3.63) is 98.6 Å². The summed E-state index contributed by atoms with van der Waals surface area (Å²) < 4.78 is 16.0. The van der Waals surface area contributed by atoms with Crippen molar-refractivity contribution in [2.45, 2.75) is 6.54 Å². The summed E-state index contributed by atoms with van der Waals surface area (Å²) in [6.07, 6.45) is 1.43. The van der Waals surface area contributed by atoms with Crippen molar-refractivity contribution in [1.82, 2.24) is 4.57 Å². The Hall–Kier alpha value is -2.73. The number of nitrogens with zero attached hydrogens (tertiary/aromatic N) is 1. The number of hydrogen-bond donors (Lipinski definition) is 1. The molecule has 25 heavy (non-hydrogen) atoms. The fourth-order valence-electron chi connectivity index (χ4n) is 2.34. The molecular weight excluding hydrogens is 387 g/mol. The highest BCUT2D eigenvalue weighted by Gasteiger charge is 2.10. The molecule has 6 heteroatoms. The normalized spacial score (nSPS) is 10.5. The van der Waals surface area contributed by atoms with E-state index in [1.54, 1.807) is 30.3 Å². The molecule has 0 aliphatic rings. The lowest BCUT2D eigenvalue weighted by atomic mass is 10.2. The maximum absolute atomic E-state index is 13.8. The van der Waals surface area contributed by atoms with Crippen molar-refractivity contribution in [1.29, 1.82) is 0 Å². The summed E-state index contributed by atoms with van der Waals surface area (Å²) in [5.74, 6) is -0.733. The lowest BCUT2D eigenvalue weighted by molar-refractivity contribution is 0.102. The SMILES string of the molecule is O=C(Nc1ccc(Br)cc1)c1ccc(=O)n(Cc2ccccc2F)c1. The molecule has 0 fully saturated rings. The third-order valence-corrected chi connectivity index (χ3v) is 4.17. The van der Waals surface area contributed by atoms with Crippen molar-refractivity contribution in [2.24, 2.45) is 0 Å². The number of hydrogen-bond acceptors (Lipinski definition) is 2. The molecule has 3 aromatic rings. The van der Waals surface area contributed by atoms with Gasteiger partial charge in [-0.3, -0.25) is 9.59 Å². The number of anilines is 1. The number of carbonyl (C=O) groups excluding carboxylic acids is 1. The maximum atomic E-state index is 13.8. The van der Waals surface area contributed by atoms with Crippen LogP contribution in [0.1, 0.15) is 15.9 Å². The average Bonchev–Trinajstić information content (AvgIpc) is 2.60. The van der Waals surface area contributed by atoms with Gasteiger partial charge in [0.05, 0.1) is 12.1 Å².